The SMILES string of the molecule is CC(C)(C)c1ccc(C2c3ccccc3N(Cc3cc(OCc4ccccc4)cc(-c4ccc(C(=O)O)cc4)c3)C2C(=O)O)cc1. The lowest BCUT2D eigenvalue weighted by Crippen LogP contribution is -2.40. The first-order valence-electron chi connectivity index (χ1n) is 15.4. The molecule has 1 aliphatic heterocycles. The number of hydrogen-bond acceptors (Lipinski definition) is 4. The highest BCUT2D eigenvalue weighted by Crippen LogP contribution is 2.46. The van der Waals surface area contributed by atoms with E-state index in [-0.39, 0.29) is 16.9 Å². The second kappa shape index (κ2) is 12.6. The minimum atomic E-state index is -0.984. The molecule has 0 saturated heterocycles. The fourth-order valence-electron chi connectivity index (χ4n) is 6.27. The van der Waals surface area contributed by atoms with E-state index in [1.807, 2.05) is 77.7 Å². The van der Waals surface area contributed by atoms with E-state index in [4.69, 9.17) is 4.74 Å². The van der Waals surface area contributed by atoms with Crippen LogP contribution in [0.15, 0.2) is 121 Å². The average molecular weight is 612 g/mol. The summed E-state index contributed by atoms with van der Waals surface area (Å²) in [6.07, 6.45) is 0. The highest BCUT2D eigenvalue weighted by molar-refractivity contribution is 5.88. The van der Waals surface area contributed by atoms with Crippen molar-refractivity contribution < 1.29 is 24.5 Å². The standard InChI is InChI=1S/C40H37NO5/c1-40(2,3)32-19-17-29(18-20-32)36-34-11-7-8-12-35(34)41(37(36)39(44)45)24-27-21-31(28-13-15-30(16-14-28)38(42)43)23-33(22-27)46-25-26-9-5-4-6-10-26/h4-23,36-37H,24-25H2,1-3H3,(H,42,43)(H,44,45). The van der Waals surface area contributed by atoms with Gasteiger partial charge in [-0.05, 0) is 80.8 Å². The van der Waals surface area contributed by atoms with Crippen LogP contribution in [-0.2, 0) is 23.4 Å². The van der Waals surface area contributed by atoms with Crippen LogP contribution in [0, 0.1) is 0 Å². The molecule has 0 radical (unpaired) electrons. The van der Waals surface area contributed by atoms with Gasteiger partial charge < -0.3 is 19.8 Å². The summed E-state index contributed by atoms with van der Waals surface area (Å²) in [5.74, 6) is -1.57. The van der Waals surface area contributed by atoms with Crippen LogP contribution < -0.4 is 9.64 Å². The molecule has 0 fully saturated rings. The van der Waals surface area contributed by atoms with Crippen LogP contribution in [0.5, 0.6) is 5.75 Å². The maximum absolute atomic E-state index is 13.1. The summed E-state index contributed by atoms with van der Waals surface area (Å²) in [7, 11) is 0. The molecular weight excluding hydrogens is 574 g/mol. The first-order chi connectivity index (χ1) is 22.1. The number of aromatic carboxylic acids is 1. The number of nitrogens with zero attached hydrogens (tertiary/aromatic N) is 1. The Kier molecular flexibility index (Phi) is 8.37. The van der Waals surface area contributed by atoms with E-state index in [9.17, 15) is 19.8 Å². The number of hydrogen-bond donors (Lipinski definition) is 2. The summed E-state index contributed by atoms with van der Waals surface area (Å²) in [5.41, 5.74) is 7.84. The van der Waals surface area contributed by atoms with Crippen LogP contribution in [-0.4, -0.2) is 28.2 Å². The lowest BCUT2D eigenvalue weighted by atomic mass is 9.83. The number of benzene rings is 5. The molecule has 0 aromatic heterocycles. The zero-order valence-corrected chi connectivity index (χ0v) is 26.2. The summed E-state index contributed by atoms with van der Waals surface area (Å²) in [4.78, 5) is 26.5. The van der Waals surface area contributed by atoms with Crippen LogP contribution >= 0.6 is 0 Å². The molecule has 6 nitrogen and oxygen atoms in total. The highest BCUT2D eigenvalue weighted by atomic mass is 16.5. The Bertz CT molecular complexity index is 1860. The van der Waals surface area contributed by atoms with E-state index < -0.39 is 18.0 Å². The Hall–Kier alpha value is -5.36. The van der Waals surface area contributed by atoms with Crippen molar-refractivity contribution in [2.75, 3.05) is 4.90 Å². The number of anilines is 1. The van der Waals surface area contributed by atoms with Gasteiger partial charge in [0.1, 0.15) is 18.4 Å². The van der Waals surface area contributed by atoms with E-state index in [0.29, 0.717) is 18.9 Å². The molecule has 0 aliphatic carbocycles. The zero-order chi connectivity index (χ0) is 32.4. The molecule has 5 aromatic rings. The van der Waals surface area contributed by atoms with Crippen molar-refractivity contribution in [2.45, 2.75) is 51.3 Å². The first-order valence-corrected chi connectivity index (χ1v) is 15.4. The van der Waals surface area contributed by atoms with E-state index in [2.05, 4.69) is 45.0 Å². The molecule has 1 aliphatic rings. The molecule has 5 aromatic carbocycles. The third-order valence-corrected chi connectivity index (χ3v) is 8.65. The van der Waals surface area contributed by atoms with Gasteiger partial charge in [-0.2, -0.15) is 0 Å². The van der Waals surface area contributed by atoms with Gasteiger partial charge in [-0.15, -0.1) is 0 Å². The number of carboxylic acid groups (broad SMARTS) is 2. The van der Waals surface area contributed by atoms with Crippen LogP contribution in [0.4, 0.5) is 5.69 Å². The Morgan fingerprint density at radius 3 is 2.07 bits per heavy atom. The molecule has 2 atom stereocenters. The van der Waals surface area contributed by atoms with Gasteiger partial charge in [0.2, 0.25) is 0 Å². The van der Waals surface area contributed by atoms with Gasteiger partial charge in [-0.1, -0.05) is 106 Å². The summed E-state index contributed by atoms with van der Waals surface area (Å²) in [6, 6.07) is 38.0. The summed E-state index contributed by atoms with van der Waals surface area (Å²) in [5, 5.41) is 20.1. The van der Waals surface area contributed by atoms with E-state index in [0.717, 1.165) is 39.1 Å². The molecule has 6 rings (SSSR count). The number of para-hydroxylation sites is 1. The lowest BCUT2D eigenvalue weighted by Gasteiger charge is -2.28. The molecule has 232 valence electrons. The minimum absolute atomic E-state index is 0.0103. The minimum Gasteiger partial charge on any atom is -0.489 e. The Morgan fingerprint density at radius 2 is 1.41 bits per heavy atom. The second-order valence-electron chi connectivity index (χ2n) is 12.8. The number of carbonyl (C=O) groups is 2. The number of ether oxygens (including phenoxy) is 1. The summed E-state index contributed by atoms with van der Waals surface area (Å²) >= 11 is 0. The topological polar surface area (TPSA) is 87.1 Å². The third-order valence-electron chi connectivity index (χ3n) is 8.65. The van der Waals surface area contributed by atoms with E-state index in [1.165, 1.54) is 5.56 Å². The number of fused-ring (bicyclic) bond motifs is 1. The Morgan fingerprint density at radius 1 is 0.739 bits per heavy atom. The Labute approximate surface area is 269 Å². The predicted octanol–water partition coefficient (Wildman–Crippen LogP) is 8.53. The first kappa shape index (κ1) is 30.7. The third kappa shape index (κ3) is 6.38. The van der Waals surface area contributed by atoms with Gasteiger partial charge in [0.25, 0.3) is 0 Å². The van der Waals surface area contributed by atoms with Crippen molar-refractivity contribution in [2.24, 2.45) is 0 Å². The van der Waals surface area contributed by atoms with Crippen molar-refractivity contribution in [3.8, 4) is 16.9 Å². The van der Waals surface area contributed by atoms with E-state index >= 15 is 0 Å². The van der Waals surface area contributed by atoms with Gasteiger partial charge >= 0.3 is 11.9 Å². The van der Waals surface area contributed by atoms with Crippen molar-refractivity contribution in [3.63, 3.8) is 0 Å². The van der Waals surface area contributed by atoms with Crippen LogP contribution in [0.25, 0.3) is 11.1 Å². The molecule has 46 heavy (non-hydrogen) atoms. The molecule has 0 bridgehead atoms. The predicted molar refractivity (Wildman–Crippen MR) is 181 cm³/mol. The molecular formula is C40H37NO5. The Balaban J connectivity index is 1.39. The molecule has 0 saturated carbocycles. The molecule has 2 N–H and O–H groups in total. The summed E-state index contributed by atoms with van der Waals surface area (Å²) in [6.45, 7) is 7.22. The van der Waals surface area contributed by atoms with Gasteiger partial charge in [0.15, 0.2) is 0 Å². The molecule has 6 heteroatoms. The largest absolute Gasteiger partial charge is 0.489 e. The normalized spacial score (nSPS) is 15.8. The van der Waals surface area contributed by atoms with Gasteiger partial charge in [0, 0.05) is 18.2 Å². The molecule has 2 unspecified atom stereocenters. The fraction of sp³-hybridized carbons (Fsp3) is 0.200. The average Bonchev–Trinajstić information content (AvgIpc) is 3.38. The monoisotopic (exact) mass is 611 g/mol. The molecule has 0 spiro atoms. The lowest BCUT2D eigenvalue weighted by molar-refractivity contribution is -0.138. The van der Waals surface area contributed by atoms with Crippen molar-refractivity contribution in [1.82, 2.24) is 0 Å². The number of aliphatic carboxylic acids is 1. The zero-order valence-electron chi connectivity index (χ0n) is 26.2. The maximum Gasteiger partial charge on any atom is 0.335 e. The van der Waals surface area contributed by atoms with Crippen LogP contribution in [0.1, 0.15) is 64.9 Å². The second-order valence-corrected chi connectivity index (χ2v) is 12.8. The van der Waals surface area contributed by atoms with Gasteiger partial charge in [0.05, 0.1) is 5.56 Å². The number of rotatable bonds is 9. The van der Waals surface area contributed by atoms with E-state index in [1.54, 1.807) is 24.3 Å². The van der Waals surface area contributed by atoms with Crippen molar-refractivity contribution >= 4 is 17.6 Å². The summed E-state index contributed by atoms with van der Waals surface area (Å²) < 4.78 is 6.27. The van der Waals surface area contributed by atoms with Crippen molar-refractivity contribution in [3.05, 3.63) is 155 Å². The van der Waals surface area contributed by atoms with Crippen LogP contribution in [0.3, 0.4) is 0 Å². The maximum atomic E-state index is 13.1. The van der Waals surface area contributed by atoms with Gasteiger partial charge in [-0.25, -0.2) is 9.59 Å². The van der Waals surface area contributed by atoms with Crippen molar-refractivity contribution in [1.29, 1.82) is 0 Å². The fourth-order valence-corrected chi connectivity index (χ4v) is 6.27. The quantitative estimate of drug-likeness (QED) is 0.174. The number of carboxylic acids is 2. The molecule has 0 amide bonds. The van der Waals surface area contributed by atoms with Gasteiger partial charge in [-0.3, -0.25) is 0 Å². The molecule has 1 heterocycles. The highest BCUT2D eigenvalue weighted by Gasteiger charge is 2.43. The van der Waals surface area contributed by atoms with Crippen LogP contribution in [0.2, 0.25) is 0 Å². The smallest absolute Gasteiger partial charge is 0.335 e.